The first-order valence-electron chi connectivity index (χ1n) is 5.33. The Labute approximate surface area is 89.5 Å². The van der Waals surface area contributed by atoms with Crippen LogP contribution in [0.4, 0.5) is 0 Å². The summed E-state index contributed by atoms with van der Waals surface area (Å²) in [4.78, 5) is 3.08. The molecule has 0 aliphatic heterocycles. The van der Waals surface area contributed by atoms with Crippen LogP contribution in [0.3, 0.4) is 0 Å². The van der Waals surface area contributed by atoms with Crippen molar-refractivity contribution in [2.24, 2.45) is 5.73 Å². The predicted molar refractivity (Wildman–Crippen MR) is 61.7 cm³/mol. The molecule has 78 valence electrons. The van der Waals surface area contributed by atoms with Crippen LogP contribution in [0.25, 0.3) is 0 Å². The first kappa shape index (κ1) is 10.1. The lowest BCUT2D eigenvalue weighted by atomic mass is 10.2. The fraction of sp³-hybridized carbons (Fsp3) is 0.636. The molecule has 1 aliphatic rings. The van der Waals surface area contributed by atoms with Gasteiger partial charge in [-0.15, -0.1) is 11.3 Å². The SMILES string of the molecule is CC(CN)NCc1cc2c(s1)CCC2. The molecule has 1 heterocycles. The Morgan fingerprint density at radius 2 is 2.43 bits per heavy atom. The van der Waals surface area contributed by atoms with E-state index in [0.717, 1.165) is 6.54 Å². The van der Waals surface area contributed by atoms with Gasteiger partial charge in [0.15, 0.2) is 0 Å². The number of nitrogens with one attached hydrogen (secondary N) is 1. The standard InChI is InChI=1S/C11H18N2S/c1-8(6-12)13-7-10-5-9-3-2-4-11(9)14-10/h5,8,13H,2-4,6-7,12H2,1H3. The summed E-state index contributed by atoms with van der Waals surface area (Å²) in [7, 11) is 0. The lowest BCUT2D eigenvalue weighted by molar-refractivity contribution is 0.560. The summed E-state index contributed by atoms with van der Waals surface area (Å²) >= 11 is 1.97. The van der Waals surface area contributed by atoms with Gasteiger partial charge in [-0.05, 0) is 37.8 Å². The van der Waals surface area contributed by atoms with Crippen LogP contribution in [-0.4, -0.2) is 12.6 Å². The molecule has 0 bridgehead atoms. The van der Waals surface area contributed by atoms with Crippen molar-refractivity contribution in [3.63, 3.8) is 0 Å². The van der Waals surface area contributed by atoms with Gasteiger partial charge in [0.1, 0.15) is 0 Å². The van der Waals surface area contributed by atoms with E-state index in [2.05, 4.69) is 18.3 Å². The number of rotatable bonds is 4. The minimum atomic E-state index is 0.423. The second-order valence-electron chi connectivity index (χ2n) is 4.03. The van der Waals surface area contributed by atoms with Gasteiger partial charge in [0, 0.05) is 28.9 Å². The fourth-order valence-electron chi connectivity index (χ4n) is 1.84. The largest absolute Gasteiger partial charge is 0.329 e. The molecule has 3 heteroatoms. The molecule has 1 unspecified atom stereocenters. The van der Waals surface area contributed by atoms with Crippen molar-refractivity contribution in [3.05, 3.63) is 21.4 Å². The molecule has 14 heavy (non-hydrogen) atoms. The van der Waals surface area contributed by atoms with E-state index >= 15 is 0 Å². The Morgan fingerprint density at radius 3 is 3.14 bits per heavy atom. The summed E-state index contributed by atoms with van der Waals surface area (Å²) in [6.07, 6.45) is 3.94. The quantitative estimate of drug-likeness (QED) is 0.793. The van der Waals surface area contributed by atoms with Gasteiger partial charge in [0.25, 0.3) is 0 Å². The first-order chi connectivity index (χ1) is 6.79. The molecule has 2 nitrogen and oxygen atoms in total. The molecule has 1 aromatic heterocycles. The second-order valence-corrected chi connectivity index (χ2v) is 5.25. The monoisotopic (exact) mass is 210 g/mol. The highest BCUT2D eigenvalue weighted by molar-refractivity contribution is 7.12. The molecule has 0 saturated heterocycles. The highest BCUT2D eigenvalue weighted by atomic mass is 32.1. The number of nitrogens with two attached hydrogens (primary N) is 1. The van der Waals surface area contributed by atoms with Crippen LogP contribution in [0.15, 0.2) is 6.07 Å². The molecule has 0 aromatic carbocycles. The van der Waals surface area contributed by atoms with E-state index in [4.69, 9.17) is 5.73 Å². The van der Waals surface area contributed by atoms with Crippen LogP contribution in [0, 0.1) is 0 Å². The van der Waals surface area contributed by atoms with Crippen molar-refractivity contribution in [3.8, 4) is 0 Å². The van der Waals surface area contributed by atoms with E-state index in [0.29, 0.717) is 12.6 Å². The molecular formula is C11H18N2S. The summed E-state index contributed by atoms with van der Waals surface area (Å²) in [5.74, 6) is 0. The molecule has 1 aliphatic carbocycles. The first-order valence-corrected chi connectivity index (χ1v) is 6.15. The third kappa shape index (κ3) is 2.16. The molecule has 1 aromatic rings. The normalized spacial score (nSPS) is 17.0. The Hall–Kier alpha value is -0.380. The number of hydrogen-bond acceptors (Lipinski definition) is 3. The molecule has 0 amide bonds. The van der Waals surface area contributed by atoms with Crippen molar-refractivity contribution in [1.82, 2.24) is 5.32 Å². The van der Waals surface area contributed by atoms with E-state index in [1.165, 1.54) is 24.1 Å². The number of thiophene rings is 1. The highest BCUT2D eigenvalue weighted by Gasteiger charge is 2.14. The van der Waals surface area contributed by atoms with Crippen LogP contribution in [0.5, 0.6) is 0 Å². The molecule has 0 fully saturated rings. The number of fused-ring (bicyclic) bond motifs is 1. The lowest BCUT2D eigenvalue weighted by Crippen LogP contribution is -2.32. The van der Waals surface area contributed by atoms with Crippen LogP contribution < -0.4 is 11.1 Å². The Morgan fingerprint density at radius 1 is 1.57 bits per heavy atom. The summed E-state index contributed by atoms with van der Waals surface area (Å²) < 4.78 is 0. The third-order valence-corrected chi connectivity index (χ3v) is 4.01. The second kappa shape index (κ2) is 4.43. The zero-order chi connectivity index (χ0) is 9.97. The molecule has 1 atom stereocenters. The van der Waals surface area contributed by atoms with Gasteiger partial charge in [-0.1, -0.05) is 0 Å². The van der Waals surface area contributed by atoms with Gasteiger partial charge in [-0.2, -0.15) is 0 Å². The summed E-state index contributed by atoms with van der Waals surface area (Å²) in [6, 6.07) is 2.79. The maximum Gasteiger partial charge on any atom is 0.0302 e. The van der Waals surface area contributed by atoms with E-state index < -0.39 is 0 Å². The number of aryl methyl sites for hydroxylation is 2. The zero-order valence-corrected chi connectivity index (χ0v) is 9.49. The van der Waals surface area contributed by atoms with Crippen molar-refractivity contribution < 1.29 is 0 Å². The molecule has 0 saturated carbocycles. The molecule has 2 rings (SSSR count). The zero-order valence-electron chi connectivity index (χ0n) is 8.68. The molecule has 0 radical (unpaired) electrons. The molecule has 0 spiro atoms. The minimum absolute atomic E-state index is 0.423. The smallest absolute Gasteiger partial charge is 0.0302 e. The summed E-state index contributed by atoms with van der Waals surface area (Å²) in [5, 5.41) is 3.42. The van der Waals surface area contributed by atoms with Crippen LogP contribution >= 0.6 is 11.3 Å². The molecule has 3 N–H and O–H groups in total. The van der Waals surface area contributed by atoms with Crippen LogP contribution in [0.1, 0.15) is 28.7 Å². The topological polar surface area (TPSA) is 38.0 Å². The lowest BCUT2D eigenvalue weighted by Gasteiger charge is -2.09. The van der Waals surface area contributed by atoms with E-state index in [1.54, 1.807) is 10.4 Å². The highest BCUT2D eigenvalue weighted by Crippen LogP contribution is 2.30. The van der Waals surface area contributed by atoms with Gasteiger partial charge in [0.2, 0.25) is 0 Å². The summed E-state index contributed by atoms with van der Waals surface area (Å²) in [5.41, 5.74) is 7.14. The Balaban J connectivity index is 1.91. The van der Waals surface area contributed by atoms with E-state index in [1.807, 2.05) is 11.3 Å². The fourth-order valence-corrected chi connectivity index (χ4v) is 3.05. The van der Waals surface area contributed by atoms with Crippen LogP contribution in [-0.2, 0) is 19.4 Å². The average molecular weight is 210 g/mol. The maximum atomic E-state index is 5.55. The van der Waals surface area contributed by atoms with Gasteiger partial charge < -0.3 is 11.1 Å². The third-order valence-electron chi connectivity index (χ3n) is 2.78. The predicted octanol–water partition coefficient (Wildman–Crippen LogP) is 1.67. The number of hydrogen-bond donors (Lipinski definition) is 2. The van der Waals surface area contributed by atoms with Crippen molar-refractivity contribution in [1.29, 1.82) is 0 Å². The summed E-state index contributed by atoms with van der Waals surface area (Å²) in [6.45, 7) is 3.82. The van der Waals surface area contributed by atoms with Crippen molar-refractivity contribution in [2.45, 2.75) is 38.8 Å². The van der Waals surface area contributed by atoms with Gasteiger partial charge >= 0.3 is 0 Å². The van der Waals surface area contributed by atoms with Gasteiger partial charge in [-0.25, -0.2) is 0 Å². The minimum Gasteiger partial charge on any atom is -0.329 e. The van der Waals surface area contributed by atoms with Gasteiger partial charge in [-0.3, -0.25) is 0 Å². The van der Waals surface area contributed by atoms with E-state index in [-0.39, 0.29) is 0 Å². The average Bonchev–Trinajstić information content (AvgIpc) is 2.73. The van der Waals surface area contributed by atoms with E-state index in [9.17, 15) is 0 Å². The molecular weight excluding hydrogens is 192 g/mol. The Kier molecular flexibility index (Phi) is 3.21. The van der Waals surface area contributed by atoms with Crippen LogP contribution in [0.2, 0.25) is 0 Å². The van der Waals surface area contributed by atoms with Crippen molar-refractivity contribution >= 4 is 11.3 Å². The van der Waals surface area contributed by atoms with Crippen molar-refractivity contribution in [2.75, 3.05) is 6.54 Å². The van der Waals surface area contributed by atoms with Gasteiger partial charge in [0.05, 0.1) is 0 Å². The maximum absolute atomic E-state index is 5.55. The Bertz CT molecular complexity index is 285.